The van der Waals surface area contributed by atoms with E-state index < -0.39 is 5.41 Å². The Hall–Kier alpha value is -1.04. The lowest BCUT2D eigenvalue weighted by molar-refractivity contribution is -0.130. The molecule has 0 heterocycles. The highest BCUT2D eigenvalue weighted by molar-refractivity contribution is 5.85. The number of amides is 1. The monoisotopic (exact) mass is 208 g/mol. The summed E-state index contributed by atoms with van der Waals surface area (Å²) in [5.41, 5.74) is -0.734. The van der Waals surface area contributed by atoms with Crippen LogP contribution >= 0.6 is 0 Å². The Morgan fingerprint density at radius 2 is 2.07 bits per heavy atom. The van der Waals surface area contributed by atoms with E-state index in [2.05, 4.69) is 11.4 Å². The van der Waals surface area contributed by atoms with Crippen LogP contribution in [0.4, 0.5) is 0 Å². The Morgan fingerprint density at radius 1 is 1.47 bits per heavy atom. The maximum Gasteiger partial charge on any atom is 0.240 e. The second-order valence-electron chi connectivity index (χ2n) is 4.54. The lowest BCUT2D eigenvalue weighted by Gasteiger charge is -2.30. The van der Waals surface area contributed by atoms with E-state index in [1.54, 1.807) is 0 Å². The van der Waals surface area contributed by atoms with Gasteiger partial charge in [-0.1, -0.05) is 26.2 Å². The number of rotatable bonds is 3. The first-order chi connectivity index (χ1) is 7.14. The minimum Gasteiger partial charge on any atom is -0.352 e. The van der Waals surface area contributed by atoms with E-state index in [0.29, 0.717) is 0 Å². The van der Waals surface area contributed by atoms with E-state index in [1.807, 2.05) is 13.8 Å². The first-order valence-corrected chi connectivity index (χ1v) is 5.87. The third-order valence-electron chi connectivity index (χ3n) is 3.35. The van der Waals surface area contributed by atoms with Crippen LogP contribution in [-0.4, -0.2) is 11.9 Å². The van der Waals surface area contributed by atoms with E-state index in [0.717, 1.165) is 38.5 Å². The van der Waals surface area contributed by atoms with Crippen LogP contribution < -0.4 is 5.32 Å². The molecule has 0 radical (unpaired) electrons. The fourth-order valence-corrected chi connectivity index (χ4v) is 2.01. The van der Waals surface area contributed by atoms with Crippen molar-refractivity contribution >= 4 is 5.91 Å². The average molecular weight is 208 g/mol. The molecule has 0 spiro atoms. The van der Waals surface area contributed by atoms with Crippen molar-refractivity contribution in [1.82, 2.24) is 5.32 Å². The van der Waals surface area contributed by atoms with Crippen LogP contribution in [0, 0.1) is 16.7 Å². The molecular formula is C12H20N2O. The maximum atomic E-state index is 12.0. The number of nitrogens with zero attached hydrogens (tertiary/aromatic N) is 1. The molecule has 0 aliphatic heterocycles. The normalized spacial score (nSPS) is 21.4. The molecule has 1 saturated carbocycles. The zero-order valence-electron chi connectivity index (χ0n) is 9.68. The molecule has 1 atom stereocenters. The largest absolute Gasteiger partial charge is 0.352 e. The van der Waals surface area contributed by atoms with Gasteiger partial charge < -0.3 is 5.32 Å². The molecule has 1 aliphatic carbocycles. The molecule has 1 unspecified atom stereocenters. The third kappa shape index (κ3) is 2.71. The summed E-state index contributed by atoms with van der Waals surface area (Å²) < 4.78 is 0. The summed E-state index contributed by atoms with van der Waals surface area (Å²) in [7, 11) is 0. The highest BCUT2D eigenvalue weighted by atomic mass is 16.2. The Balaban J connectivity index is 2.65. The van der Waals surface area contributed by atoms with Crippen molar-refractivity contribution in [2.24, 2.45) is 5.41 Å². The van der Waals surface area contributed by atoms with Crippen molar-refractivity contribution in [2.75, 3.05) is 0 Å². The van der Waals surface area contributed by atoms with Crippen LogP contribution in [-0.2, 0) is 4.79 Å². The number of nitriles is 1. The summed E-state index contributed by atoms with van der Waals surface area (Å²) >= 11 is 0. The second-order valence-corrected chi connectivity index (χ2v) is 4.54. The molecule has 1 N–H and O–H groups in total. The van der Waals surface area contributed by atoms with Gasteiger partial charge in [-0.05, 0) is 26.2 Å². The number of nitrogens with one attached hydrogen (secondary N) is 1. The summed E-state index contributed by atoms with van der Waals surface area (Å²) in [5, 5.41) is 12.1. The SMILES string of the molecule is CCC(C)NC(=O)C1(C#N)CCCCC1. The van der Waals surface area contributed by atoms with Gasteiger partial charge in [0.1, 0.15) is 5.41 Å². The topological polar surface area (TPSA) is 52.9 Å². The molecule has 0 bridgehead atoms. The van der Waals surface area contributed by atoms with Gasteiger partial charge >= 0.3 is 0 Å². The lowest BCUT2D eigenvalue weighted by atomic mass is 9.74. The van der Waals surface area contributed by atoms with Gasteiger partial charge in [0, 0.05) is 6.04 Å². The van der Waals surface area contributed by atoms with Crippen LogP contribution in [0.5, 0.6) is 0 Å². The fraction of sp³-hybridized carbons (Fsp3) is 0.833. The number of hydrogen-bond donors (Lipinski definition) is 1. The van der Waals surface area contributed by atoms with Crippen molar-refractivity contribution in [2.45, 2.75) is 58.4 Å². The predicted molar refractivity (Wildman–Crippen MR) is 59.0 cm³/mol. The van der Waals surface area contributed by atoms with Crippen LogP contribution in [0.1, 0.15) is 52.4 Å². The maximum absolute atomic E-state index is 12.0. The predicted octanol–water partition coefficient (Wildman–Crippen LogP) is 2.38. The van der Waals surface area contributed by atoms with Gasteiger partial charge in [-0.3, -0.25) is 4.79 Å². The highest BCUT2D eigenvalue weighted by Gasteiger charge is 2.39. The van der Waals surface area contributed by atoms with Gasteiger partial charge in [0.15, 0.2) is 0 Å². The number of carbonyl (C=O) groups is 1. The zero-order valence-corrected chi connectivity index (χ0v) is 9.68. The zero-order chi connectivity index (χ0) is 11.3. The van der Waals surface area contributed by atoms with Crippen molar-refractivity contribution in [3.8, 4) is 6.07 Å². The summed E-state index contributed by atoms with van der Waals surface area (Å²) in [6, 6.07) is 2.41. The van der Waals surface area contributed by atoms with Crippen molar-refractivity contribution in [3.05, 3.63) is 0 Å². The van der Waals surface area contributed by atoms with Gasteiger partial charge in [-0.15, -0.1) is 0 Å². The second kappa shape index (κ2) is 5.16. The smallest absolute Gasteiger partial charge is 0.240 e. The van der Waals surface area contributed by atoms with Crippen LogP contribution in [0.3, 0.4) is 0 Å². The molecular weight excluding hydrogens is 188 g/mol. The molecule has 1 rings (SSSR count). The molecule has 15 heavy (non-hydrogen) atoms. The van der Waals surface area contributed by atoms with E-state index in [-0.39, 0.29) is 11.9 Å². The number of carbonyl (C=O) groups excluding carboxylic acids is 1. The summed E-state index contributed by atoms with van der Waals surface area (Å²) in [6.45, 7) is 4.01. The third-order valence-corrected chi connectivity index (χ3v) is 3.35. The minimum absolute atomic E-state index is 0.0564. The van der Waals surface area contributed by atoms with E-state index in [4.69, 9.17) is 0 Å². The van der Waals surface area contributed by atoms with Gasteiger partial charge in [0.25, 0.3) is 0 Å². The van der Waals surface area contributed by atoms with E-state index >= 15 is 0 Å². The first-order valence-electron chi connectivity index (χ1n) is 5.87. The standard InChI is InChI=1S/C12H20N2O/c1-3-10(2)14-11(15)12(9-13)7-5-4-6-8-12/h10H,3-8H2,1-2H3,(H,14,15). The molecule has 1 amide bonds. The van der Waals surface area contributed by atoms with Crippen molar-refractivity contribution in [3.63, 3.8) is 0 Å². The van der Waals surface area contributed by atoms with Gasteiger partial charge in [0.2, 0.25) is 5.91 Å². The minimum atomic E-state index is -0.734. The fourth-order valence-electron chi connectivity index (χ4n) is 2.01. The first kappa shape index (κ1) is 12.0. The quantitative estimate of drug-likeness (QED) is 0.774. The molecule has 3 nitrogen and oxygen atoms in total. The average Bonchev–Trinajstić information content (AvgIpc) is 2.29. The van der Waals surface area contributed by atoms with Crippen LogP contribution in [0.2, 0.25) is 0 Å². The highest BCUT2D eigenvalue weighted by Crippen LogP contribution is 2.35. The van der Waals surface area contributed by atoms with Crippen LogP contribution in [0.25, 0.3) is 0 Å². The van der Waals surface area contributed by atoms with E-state index in [9.17, 15) is 10.1 Å². The Bertz CT molecular complexity index is 261. The summed E-state index contributed by atoms with van der Waals surface area (Å²) in [4.78, 5) is 12.0. The Kier molecular flexibility index (Phi) is 4.14. The van der Waals surface area contributed by atoms with E-state index in [1.165, 1.54) is 0 Å². The van der Waals surface area contributed by atoms with Crippen LogP contribution in [0.15, 0.2) is 0 Å². The Morgan fingerprint density at radius 3 is 2.53 bits per heavy atom. The number of hydrogen-bond acceptors (Lipinski definition) is 2. The summed E-state index contributed by atoms with van der Waals surface area (Å²) in [6.07, 6.45) is 5.52. The Labute approximate surface area is 91.9 Å². The molecule has 1 aliphatic rings. The summed E-state index contributed by atoms with van der Waals surface area (Å²) in [5.74, 6) is -0.0564. The van der Waals surface area contributed by atoms with Crippen molar-refractivity contribution < 1.29 is 4.79 Å². The van der Waals surface area contributed by atoms with Gasteiger partial charge in [-0.2, -0.15) is 5.26 Å². The van der Waals surface area contributed by atoms with Gasteiger partial charge in [-0.25, -0.2) is 0 Å². The lowest BCUT2D eigenvalue weighted by Crippen LogP contribution is -2.44. The molecule has 0 saturated heterocycles. The molecule has 0 aromatic carbocycles. The van der Waals surface area contributed by atoms with Crippen molar-refractivity contribution in [1.29, 1.82) is 5.26 Å². The molecule has 0 aromatic rings. The molecule has 84 valence electrons. The van der Waals surface area contributed by atoms with Gasteiger partial charge in [0.05, 0.1) is 6.07 Å². The molecule has 0 aromatic heterocycles. The molecule has 1 fully saturated rings. The molecule has 3 heteroatoms.